The van der Waals surface area contributed by atoms with E-state index in [0.29, 0.717) is 24.7 Å². The zero-order valence-corrected chi connectivity index (χ0v) is 17.1. The Hall–Kier alpha value is -2.21. The molecule has 0 unspecified atom stereocenters. The van der Waals surface area contributed by atoms with E-state index in [2.05, 4.69) is 5.32 Å². The Kier molecular flexibility index (Phi) is 5.76. The minimum absolute atomic E-state index is 0.00601. The molecule has 2 amide bonds. The monoisotopic (exact) mass is 397 g/mol. The summed E-state index contributed by atoms with van der Waals surface area (Å²) in [6.45, 7) is 3.39. The fraction of sp³-hybridized carbons (Fsp3) is 0.500. The molecule has 1 saturated heterocycles. The third-order valence-corrected chi connectivity index (χ3v) is 6.76. The van der Waals surface area contributed by atoms with Crippen LogP contribution in [0.4, 0.5) is 0 Å². The summed E-state index contributed by atoms with van der Waals surface area (Å²) < 4.78 is 0. The summed E-state index contributed by atoms with van der Waals surface area (Å²) in [5.74, 6) is 0.341. The van der Waals surface area contributed by atoms with Crippen molar-refractivity contribution < 1.29 is 9.59 Å². The van der Waals surface area contributed by atoms with E-state index >= 15 is 0 Å². The number of hydrogen-bond acceptors (Lipinski definition) is 4. The van der Waals surface area contributed by atoms with Crippen LogP contribution in [-0.4, -0.2) is 40.8 Å². The van der Waals surface area contributed by atoms with Gasteiger partial charge in [-0.15, -0.1) is 11.3 Å². The van der Waals surface area contributed by atoms with Crippen LogP contribution in [0.1, 0.15) is 75.9 Å². The zero-order chi connectivity index (χ0) is 19.5. The molecule has 3 heterocycles. The molecule has 5 nitrogen and oxygen atoms in total. The summed E-state index contributed by atoms with van der Waals surface area (Å²) in [6.07, 6.45) is 6.23. The van der Waals surface area contributed by atoms with Crippen LogP contribution in [0, 0.1) is 6.92 Å². The molecule has 2 aliphatic rings. The van der Waals surface area contributed by atoms with Crippen molar-refractivity contribution in [2.24, 2.45) is 0 Å². The van der Waals surface area contributed by atoms with E-state index in [0.717, 1.165) is 41.9 Å². The van der Waals surface area contributed by atoms with E-state index in [1.54, 1.807) is 0 Å². The van der Waals surface area contributed by atoms with Gasteiger partial charge in [-0.1, -0.05) is 18.9 Å². The lowest BCUT2D eigenvalue weighted by Crippen LogP contribution is -2.38. The van der Waals surface area contributed by atoms with Crippen LogP contribution in [0.2, 0.25) is 0 Å². The molecular formula is C22H27N3O2S. The normalized spacial score (nSPS) is 18.4. The van der Waals surface area contributed by atoms with Gasteiger partial charge in [0.05, 0.1) is 16.1 Å². The molecule has 1 saturated carbocycles. The van der Waals surface area contributed by atoms with Crippen molar-refractivity contribution in [1.29, 1.82) is 0 Å². The SMILES string of the molecule is Cc1ccc(C(=O)NC2CCCC2)c(C2CCN(C(=O)c3cccs3)CC2)n1. The van der Waals surface area contributed by atoms with Crippen LogP contribution in [0.15, 0.2) is 29.6 Å². The fourth-order valence-electron chi connectivity index (χ4n) is 4.33. The number of carbonyl (C=O) groups excluding carboxylic acids is 2. The molecule has 1 aliphatic heterocycles. The van der Waals surface area contributed by atoms with E-state index in [1.807, 2.05) is 41.5 Å². The second-order valence-electron chi connectivity index (χ2n) is 7.88. The fourth-order valence-corrected chi connectivity index (χ4v) is 5.02. The maximum absolute atomic E-state index is 12.9. The maximum Gasteiger partial charge on any atom is 0.263 e. The zero-order valence-electron chi connectivity index (χ0n) is 16.3. The van der Waals surface area contributed by atoms with Gasteiger partial charge in [-0.2, -0.15) is 0 Å². The quantitative estimate of drug-likeness (QED) is 0.843. The summed E-state index contributed by atoms with van der Waals surface area (Å²) in [4.78, 5) is 32.9. The highest BCUT2D eigenvalue weighted by Gasteiger charge is 2.29. The van der Waals surface area contributed by atoms with Crippen molar-refractivity contribution in [2.75, 3.05) is 13.1 Å². The van der Waals surface area contributed by atoms with Crippen molar-refractivity contribution in [1.82, 2.24) is 15.2 Å². The molecule has 1 N–H and O–H groups in total. The molecule has 2 fully saturated rings. The molecule has 148 valence electrons. The smallest absolute Gasteiger partial charge is 0.263 e. The molecule has 0 atom stereocenters. The summed E-state index contributed by atoms with van der Waals surface area (Å²) in [6, 6.07) is 7.93. The van der Waals surface area contributed by atoms with Gasteiger partial charge < -0.3 is 10.2 Å². The third kappa shape index (κ3) is 4.12. The molecule has 4 rings (SSSR count). The van der Waals surface area contributed by atoms with E-state index in [-0.39, 0.29) is 17.7 Å². The molecular weight excluding hydrogens is 370 g/mol. The predicted octanol–water partition coefficient (Wildman–Crippen LogP) is 4.14. The first-order valence-electron chi connectivity index (χ1n) is 10.2. The second kappa shape index (κ2) is 8.43. The first-order valence-corrected chi connectivity index (χ1v) is 11.1. The molecule has 2 aromatic rings. The predicted molar refractivity (Wildman–Crippen MR) is 111 cm³/mol. The average Bonchev–Trinajstić information content (AvgIpc) is 3.41. The topological polar surface area (TPSA) is 62.3 Å². The van der Waals surface area contributed by atoms with Crippen LogP contribution < -0.4 is 5.32 Å². The third-order valence-electron chi connectivity index (χ3n) is 5.90. The number of aromatic nitrogens is 1. The molecule has 2 aromatic heterocycles. The van der Waals surface area contributed by atoms with Crippen molar-refractivity contribution >= 4 is 23.2 Å². The number of rotatable bonds is 4. The van der Waals surface area contributed by atoms with Gasteiger partial charge in [-0.05, 0) is 56.2 Å². The number of thiophene rings is 1. The average molecular weight is 398 g/mol. The highest BCUT2D eigenvalue weighted by atomic mass is 32.1. The van der Waals surface area contributed by atoms with Gasteiger partial charge in [0, 0.05) is 30.7 Å². The number of nitrogens with one attached hydrogen (secondary N) is 1. The Morgan fingerprint density at radius 1 is 1.11 bits per heavy atom. The highest BCUT2D eigenvalue weighted by Crippen LogP contribution is 2.31. The van der Waals surface area contributed by atoms with Gasteiger partial charge in [0.25, 0.3) is 11.8 Å². The Morgan fingerprint density at radius 3 is 2.54 bits per heavy atom. The minimum atomic E-state index is 0.00601. The molecule has 0 radical (unpaired) electrons. The van der Waals surface area contributed by atoms with Gasteiger partial charge in [-0.25, -0.2) is 0 Å². The van der Waals surface area contributed by atoms with Crippen molar-refractivity contribution in [3.8, 4) is 0 Å². The van der Waals surface area contributed by atoms with Crippen LogP contribution in [0.25, 0.3) is 0 Å². The summed E-state index contributed by atoms with van der Waals surface area (Å²) in [5.41, 5.74) is 2.55. The second-order valence-corrected chi connectivity index (χ2v) is 8.83. The standard InChI is InChI=1S/C22H27N3O2S/c1-15-8-9-18(21(26)24-17-5-2-3-6-17)20(23-15)16-10-12-25(13-11-16)22(27)19-7-4-14-28-19/h4,7-9,14,16-17H,2-3,5-6,10-13H2,1H3,(H,24,26). The summed E-state index contributed by atoms with van der Waals surface area (Å²) in [7, 11) is 0. The molecule has 0 spiro atoms. The number of pyridine rings is 1. The van der Waals surface area contributed by atoms with Crippen molar-refractivity contribution in [2.45, 2.75) is 57.4 Å². The van der Waals surface area contributed by atoms with Crippen LogP contribution in [0.3, 0.4) is 0 Å². The molecule has 1 aliphatic carbocycles. The number of carbonyl (C=O) groups is 2. The van der Waals surface area contributed by atoms with Crippen LogP contribution >= 0.6 is 11.3 Å². The van der Waals surface area contributed by atoms with Gasteiger partial charge >= 0.3 is 0 Å². The van der Waals surface area contributed by atoms with E-state index < -0.39 is 0 Å². The van der Waals surface area contributed by atoms with E-state index in [4.69, 9.17) is 4.98 Å². The number of hydrogen-bond donors (Lipinski definition) is 1. The van der Waals surface area contributed by atoms with Gasteiger partial charge in [0.1, 0.15) is 0 Å². The highest BCUT2D eigenvalue weighted by molar-refractivity contribution is 7.12. The molecule has 0 aromatic carbocycles. The number of amides is 2. The van der Waals surface area contributed by atoms with Gasteiger partial charge in [0.2, 0.25) is 0 Å². The Labute approximate surface area is 170 Å². The lowest BCUT2D eigenvalue weighted by Gasteiger charge is -2.32. The van der Waals surface area contributed by atoms with E-state index in [1.165, 1.54) is 24.2 Å². The lowest BCUT2D eigenvalue weighted by atomic mass is 9.89. The van der Waals surface area contributed by atoms with Gasteiger partial charge in [0.15, 0.2) is 0 Å². The summed E-state index contributed by atoms with van der Waals surface area (Å²) in [5, 5.41) is 5.13. The largest absolute Gasteiger partial charge is 0.349 e. The number of piperidine rings is 1. The number of aryl methyl sites for hydroxylation is 1. The molecule has 0 bridgehead atoms. The molecule has 28 heavy (non-hydrogen) atoms. The number of nitrogens with zero attached hydrogens (tertiary/aromatic N) is 2. The van der Waals surface area contributed by atoms with Gasteiger partial charge in [-0.3, -0.25) is 14.6 Å². The number of likely N-dealkylation sites (tertiary alicyclic amines) is 1. The Morgan fingerprint density at radius 2 is 1.86 bits per heavy atom. The van der Waals surface area contributed by atoms with Crippen molar-refractivity contribution in [3.05, 3.63) is 51.5 Å². The lowest BCUT2D eigenvalue weighted by molar-refractivity contribution is 0.0715. The van der Waals surface area contributed by atoms with Crippen molar-refractivity contribution in [3.63, 3.8) is 0 Å². The summed E-state index contributed by atoms with van der Waals surface area (Å²) >= 11 is 1.49. The van der Waals surface area contributed by atoms with Crippen LogP contribution in [-0.2, 0) is 0 Å². The van der Waals surface area contributed by atoms with Crippen LogP contribution in [0.5, 0.6) is 0 Å². The first-order chi connectivity index (χ1) is 13.6. The first kappa shape index (κ1) is 19.1. The Bertz CT molecular complexity index is 835. The minimum Gasteiger partial charge on any atom is -0.349 e. The maximum atomic E-state index is 12.9. The molecule has 6 heteroatoms. The Balaban J connectivity index is 1.46. The van der Waals surface area contributed by atoms with E-state index in [9.17, 15) is 9.59 Å².